The summed E-state index contributed by atoms with van der Waals surface area (Å²) in [5, 5.41) is 0. The fourth-order valence-electron chi connectivity index (χ4n) is 27.5. The minimum atomic E-state index is 0.0168. The highest BCUT2D eigenvalue weighted by molar-refractivity contribution is 5.69. The van der Waals surface area contributed by atoms with E-state index in [0.717, 1.165) is 143 Å². The summed E-state index contributed by atoms with van der Waals surface area (Å²) in [7, 11) is 1.61. The first-order valence-corrected chi connectivity index (χ1v) is 24.0. The molecule has 31 atom stereocenters. The van der Waals surface area contributed by atoms with E-state index in [1.165, 1.54) is 48.3 Å². The molecular formula is C51H58O2. The van der Waals surface area contributed by atoms with Gasteiger partial charge in [0.2, 0.25) is 0 Å². The van der Waals surface area contributed by atoms with Crippen molar-refractivity contribution in [3.63, 3.8) is 0 Å². The van der Waals surface area contributed by atoms with E-state index in [4.69, 9.17) is 4.74 Å². The highest BCUT2D eigenvalue weighted by atomic mass is 16.5. The summed E-state index contributed by atoms with van der Waals surface area (Å²) in [5.41, 5.74) is 4.37. The summed E-state index contributed by atoms with van der Waals surface area (Å²) in [4.78, 5) is 12.8. The molecule has 1 aromatic carbocycles. The second-order valence-corrected chi connectivity index (χ2v) is 24.8. The quantitative estimate of drug-likeness (QED) is 0.226. The molecule has 1 aromatic rings. The zero-order valence-corrected chi connectivity index (χ0v) is 31.6. The second-order valence-electron chi connectivity index (χ2n) is 24.8. The van der Waals surface area contributed by atoms with Gasteiger partial charge in [-0.15, -0.1) is 0 Å². The lowest BCUT2D eigenvalue weighted by Gasteiger charge is -2.62. The fourth-order valence-corrected chi connectivity index (χ4v) is 27.5. The van der Waals surface area contributed by atoms with Gasteiger partial charge in [0.1, 0.15) is 0 Å². The van der Waals surface area contributed by atoms with Gasteiger partial charge in [-0.2, -0.15) is 0 Å². The first-order chi connectivity index (χ1) is 26.2. The molecule has 0 radical (unpaired) electrons. The molecule has 31 unspecified atom stereocenters. The third-order valence-corrected chi connectivity index (χ3v) is 25.8. The van der Waals surface area contributed by atoms with Crippen molar-refractivity contribution in [2.75, 3.05) is 7.11 Å². The van der Waals surface area contributed by atoms with Gasteiger partial charge in [0.15, 0.2) is 0 Å². The van der Waals surface area contributed by atoms with E-state index in [1.807, 2.05) is 0 Å². The van der Waals surface area contributed by atoms with Crippen molar-refractivity contribution in [3.05, 3.63) is 47.5 Å². The number of benzene rings is 1. The smallest absolute Gasteiger partial charge is 0.305 e. The maximum atomic E-state index is 12.8. The predicted octanol–water partition coefficient (Wildman–Crippen LogP) is 9.01. The molecule has 0 N–H and O–H groups in total. The Labute approximate surface area is 315 Å². The molecule has 0 amide bonds. The van der Waals surface area contributed by atoms with Crippen LogP contribution in [-0.4, -0.2) is 13.1 Å². The molecule has 274 valence electrons. The van der Waals surface area contributed by atoms with Gasteiger partial charge in [-0.1, -0.05) is 42.0 Å². The lowest BCUT2D eigenvalue weighted by molar-refractivity contribution is -0.151. The number of allylic oxidation sites excluding steroid dienone is 2. The van der Waals surface area contributed by atoms with E-state index in [1.54, 1.807) is 51.2 Å². The molecular weight excluding hydrogens is 645 g/mol. The maximum absolute atomic E-state index is 12.8. The van der Waals surface area contributed by atoms with Crippen molar-refractivity contribution in [2.45, 2.75) is 69.6 Å². The number of carbonyl (C=O) groups is 1. The summed E-state index contributed by atoms with van der Waals surface area (Å²) in [6.07, 6.45) is 17.5. The van der Waals surface area contributed by atoms with Crippen molar-refractivity contribution in [2.24, 2.45) is 177 Å². The number of fused-ring (bicyclic) bond motifs is 1. The lowest BCUT2D eigenvalue weighted by Crippen LogP contribution is -2.59. The predicted molar refractivity (Wildman–Crippen MR) is 198 cm³/mol. The SMILES string of the molecule is COC(=O)CCCC1(c2ccccc2)C2C3CC4CC5CC6CC7CC8CC9CC%10=CC21C1C%10C2C9C9C8C7C7C6C6C5C4C4C3C1C1C2C9C7C6C41. The molecule has 0 aliphatic heterocycles. The molecule has 17 aliphatic rings. The number of ether oxygens (including phenoxy) is 1. The molecule has 0 aromatic heterocycles. The van der Waals surface area contributed by atoms with Crippen LogP contribution in [0.25, 0.3) is 0 Å². The summed E-state index contributed by atoms with van der Waals surface area (Å²) in [6.45, 7) is 0. The number of methoxy groups -OCH3 is 1. The third-order valence-electron chi connectivity index (χ3n) is 25.8. The second kappa shape index (κ2) is 8.09. The first-order valence-electron chi connectivity index (χ1n) is 24.0. The third kappa shape index (κ3) is 2.37. The first kappa shape index (κ1) is 27.9. The summed E-state index contributed by atoms with van der Waals surface area (Å²) < 4.78 is 5.32. The van der Waals surface area contributed by atoms with Gasteiger partial charge < -0.3 is 4.74 Å². The Balaban J connectivity index is 0.937. The fraction of sp³-hybridized carbons (Fsp3) is 0.824. The lowest BCUT2D eigenvalue weighted by atomic mass is 9.42. The Morgan fingerprint density at radius 2 is 1.11 bits per heavy atom. The van der Waals surface area contributed by atoms with Crippen LogP contribution in [0.2, 0.25) is 0 Å². The van der Waals surface area contributed by atoms with Crippen molar-refractivity contribution < 1.29 is 9.53 Å². The molecule has 16 fully saturated rings. The largest absolute Gasteiger partial charge is 0.469 e. The van der Waals surface area contributed by atoms with Gasteiger partial charge >= 0.3 is 5.97 Å². The molecule has 1 spiro atoms. The Bertz CT molecular complexity index is 2020. The van der Waals surface area contributed by atoms with Crippen LogP contribution in [0.4, 0.5) is 0 Å². The maximum Gasteiger partial charge on any atom is 0.305 e. The van der Waals surface area contributed by atoms with Crippen LogP contribution in [0.15, 0.2) is 42.0 Å². The van der Waals surface area contributed by atoms with Gasteiger partial charge in [0.25, 0.3) is 0 Å². The molecule has 0 bridgehead atoms. The van der Waals surface area contributed by atoms with Crippen LogP contribution in [0.5, 0.6) is 0 Å². The number of hydrogen-bond acceptors (Lipinski definition) is 2. The van der Waals surface area contributed by atoms with E-state index in [2.05, 4.69) is 42.0 Å². The number of hydrogen-bond donors (Lipinski definition) is 0. The van der Waals surface area contributed by atoms with Crippen molar-refractivity contribution in [1.29, 1.82) is 0 Å². The van der Waals surface area contributed by atoms with Crippen molar-refractivity contribution in [3.8, 4) is 0 Å². The zero-order valence-electron chi connectivity index (χ0n) is 31.6. The van der Waals surface area contributed by atoms with E-state index in [0.29, 0.717) is 11.8 Å². The highest BCUT2D eigenvalue weighted by Gasteiger charge is 2.94. The molecule has 17 aliphatic carbocycles. The minimum Gasteiger partial charge on any atom is -0.469 e. The summed E-state index contributed by atoms with van der Waals surface area (Å²) in [5.74, 6) is 31.8. The minimum absolute atomic E-state index is 0.0168. The van der Waals surface area contributed by atoms with Gasteiger partial charge in [-0.25, -0.2) is 0 Å². The summed E-state index contributed by atoms with van der Waals surface area (Å²) in [6, 6.07) is 12.3. The van der Waals surface area contributed by atoms with Crippen molar-refractivity contribution >= 4 is 5.97 Å². The van der Waals surface area contributed by atoms with E-state index in [9.17, 15) is 4.79 Å². The molecule has 18 rings (SSSR count). The molecule has 2 nitrogen and oxygen atoms in total. The van der Waals surface area contributed by atoms with E-state index < -0.39 is 0 Å². The van der Waals surface area contributed by atoms with Crippen LogP contribution in [0.1, 0.15) is 69.8 Å². The monoisotopic (exact) mass is 702 g/mol. The Morgan fingerprint density at radius 1 is 0.604 bits per heavy atom. The number of esters is 1. The zero-order chi connectivity index (χ0) is 33.5. The van der Waals surface area contributed by atoms with Crippen LogP contribution in [-0.2, 0) is 14.9 Å². The Morgan fingerprint density at radius 3 is 1.75 bits per heavy atom. The normalized spacial score (nSPS) is 72.8. The highest BCUT2D eigenvalue weighted by Crippen LogP contribution is 2.97. The van der Waals surface area contributed by atoms with Gasteiger partial charge in [0, 0.05) is 17.3 Å². The van der Waals surface area contributed by atoms with E-state index >= 15 is 0 Å². The molecule has 2 heteroatoms. The van der Waals surface area contributed by atoms with Gasteiger partial charge in [0.05, 0.1) is 7.11 Å². The standard InChI is InChI=1S/C51H58O2/c1-53-27(52)8-5-9-50(25-6-3-2-4-7-25)49-26-16-23-14-20-12-21-11-18-10-19-13-22-15-24-17-51(49,50)48-34(24)39-33(22)38-29(19)28(18)36-32(21)37-30(20)31(23)40-35(26)47(48)46-44(39)42(38)41(36)43(37)45(40)46/h2-4,6-7,17-23,26,28-49H,5,8-16H2,1H3. The van der Waals surface area contributed by atoms with Gasteiger partial charge in [-0.05, 0) is 235 Å². The van der Waals surface area contributed by atoms with Crippen LogP contribution < -0.4 is 0 Å². The number of rotatable bonds is 5. The van der Waals surface area contributed by atoms with Gasteiger partial charge in [-0.3, -0.25) is 4.79 Å². The Hall–Kier alpha value is -1.57. The van der Waals surface area contributed by atoms with E-state index in [-0.39, 0.29) is 11.4 Å². The van der Waals surface area contributed by atoms with Crippen LogP contribution in [0, 0.1) is 177 Å². The summed E-state index contributed by atoms with van der Waals surface area (Å²) >= 11 is 0. The average Bonchev–Trinajstić information content (AvgIpc) is 3.86. The van der Waals surface area contributed by atoms with Crippen molar-refractivity contribution in [1.82, 2.24) is 0 Å². The number of carbonyl (C=O) groups excluding carboxylic acids is 1. The molecule has 53 heavy (non-hydrogen) atoms. The van der Waals surface area contributed by atoms with Crippen LogP contribution in [0.3, 0.4) is 0 Å². The molecule has 0 saturated heterocycles. The topological polar surface area (TPSA) is 26.3 Å². The molecule has 16 saturated carbocycles. The molecule has 0 heterocycles. The Kier molecular flexibility index (Phi) is 4.26. The van der Waals surface area contributed by atoms with Crippen LogP contribution >= 0.6 is 0 Å². The average molecular weight is 703 g/mol.